The molecule has 0 unspecified atom stereocenters. The summed E-state index contributed by atoms with van der Waals surface area (Å²) in [6.07, 6.45) is 3.52. The largest absolute Gasteiger partial charge is 2.00 e. The van der Waals surface area contributed by atoms with Gasteiger partial charge in [-0.1, -0.05) is 0 Å². The molecule has 0 aliphatic heterocycles. The summed E-state index contributed by atoms with van der Waals surface area (Å²) in [6, 6.07) is 1.70. The van der Waals surface area contributed by atoms with Crippen LogP contribution in [0.2, 0.25) is 0 Å². The zero-order chi connectivity index (χ0) is 15.7. The van der Waals surface area contributed by atoms with Crippen LogP contribution in [0, 0.1) is 51.9 Å². The third-order valence-corrected chi connectivity index (χ3v) is 3.30. The molecular formula is C15H18N6OU. The number of hydrogen-bond acceptors (Lipinski definition) is 5. The zero-order valence-electron chi connectivity index (χ0n) is 13.1. The quantitative estimate of drug-likeness (QED) is 0.491. The molecule has 3 aromatic rings. The third-order valence-electron chi connectivity index (χ3n) is 3.30. The predicted octanol–water partition coefficient (Wildman–Crippen LogP) is 2.81. The summed E-state index contributed by atoms with van der Waals surface area (Å²) in [5.74, 6) is 0.999. The molecule has 3 rings (SSSR count). The topological polar surface area (TPSA) is 80.6 Å². The number of nitrogens with zero attached hydrogens (tertiary/aromatic N) is 4. The molecule has 3 aromatic heterocycles. The molecule has 118 valence electrons. The van der Waals surface area contributed by atoms with Crippen LogP contribution in [0.1, 0.15) is 18.7 Å². The van der Waals surface area contributed by atoms with Crippen LogP contribution in [0.15, 0.2) is 18.5 Å². The van der Waals surface area contributed by atoms with E-state index in [2.05, 4.69) is 39.2 Å². The first kappa shape index (κ1) is 17.8. The van der Waals surface area contributed by atoms with E-state index in [0.717, 1.165) is 22.4 Å². The van der Waals surface area contributed by atoms with E-state index in [4.69, 9.17) is 4.74 Å². The minimum atomic E-state index is -0.193. The average Bonchev–Trinajstić information content (AvgIpc) is 3.07. The molecule has 0 aromatic carbocycles. The second-order valence-electron chi connectivity index (χ2n) is 4.89. The summed E-state index contributed by atoms with van der Waals surface area (Å²) in [6.45, 7) is 12.1. The minimum Gasteiger partial charge on any atom is -0.477 e. The van der Waals surface area contributed by atoms with E-state index in [-0.39, 0.29) is 37.2 Å². The van der Waals surface area contributed by atoms with Gasteiger partial charge in [-0.2, -0.15) is 15.1 Å². The van der Waals surface area contributed by atoms with Crippen LogP contribution in [0.4, 0.5) is 11.6 Å². The van der Waals surface area contributed by atoms with Crippen molar-refractivity contribution in [2.75, 3.05) is 11.9 Å². The summed E-state index contributed by atoms with van der Waals surface area (Å²) in [5.41, 5.74) is 2.45. The van der Waals surface area contributed by atoms with Gasteiger partial charge in [0.15, 0.2) is 0 Å². The molecule has 0 saturated carbocycles. The van der Waals surface area contributed by atoms with Crippen LogP contribution in [0.5, 0.6) is 5.88 Å². The third kappa shape index (κ3) is 3.54. The second kappa shape index (κ2) is 7.37. The van der Waals surface area contributed by atoms with Gasteiger partial charge in [0.1, 0.15) is 5.65 Å². The van der Waals surface area contributed by atoms with Crippen molar-refractivity contribution >= 4 is 22.7 Å². The molecule has 2 N–H and O–H groups in total. The zero-order valence-corrected chi connectivity index (χ0v) is 17.3. The van der Waals surface area contributed by atoms with Crippen LogP contribution in [0.3, 0.4) is 0 Å². The molecule has 23 heavy (non-hydrogen) atoms. The van der Waals surface area contributed by atoms with Gasteiger partial charge in [0.25, 0.3) is 0 Å². The van der Waals surface area contributed by atoms with Crippen LogP contribution < -0.4 is 10.1 Å². The standard InChI is InChI=1S/C15H18N6O.U/c1-5-22-14-11-6-7-16-13(11)19-15(20-14)18-12-8-17-21(9(2)3)10(12)4;/h6-9H,2-3,5H2,1,4H3,(H2,16,18,19,20);/q-2;+2. The maximum Gasteiger partial charge on any atom is 2.00 e. The van der Waals surface area contributed by atoms with Gasteiger partial charge >= 0.3 is 31.1 Å². The number of nitrogens with one attached hydrogen (secondary N) is 2. The van der Waals surface area contributed by atoms with E-state index in [1.54, 1.807) is 10.9 Å². The SMILES string of the molecule is [CH2-]C([CH2-])n1ncc(Nc2nc(OCC)c3cc[nH]c3n2)c1C.[U+2]. The molecule has 0 bridgehead atoms. The Morgan fingerprint density at radius 1 is 1.39 bits per heavy atom. The van der Waals surface area contributed by atoms with Crippen molar-refractivity contribution < 1.29 is 35.9 Å². The number of H-pyrrole nitrogens is 1. The number of anilines is 2. The molecule has 0 fully saturated rings. The summed E-state index contributed by atoms with van der Waals surface area (Å²) >= 11 is 0. The smallest absolute Gasteiger partial charge is 0.477 e. The number of aromatic amines is 1. The molecule has 0 aliphatic carbocycles. The number of ether oxygens (including phenoxy) is 1. The van der Waals surface area contributed by atoms with Gasteiger partial charge in [0, 0.05) is 6.20 Å². The fourth-order valence-corrected chi connectivity index (χ4v) is 2.25. The Labute approximate surface area is 158 Å². The molecule has 0 aliphatic rings. The minimum absolute atomic E-state index is 0. The van der Waals surface area contributed by atoms with Gasteiger partial charge in [0.05, 0.1) is 29.6 Å². The van der Waals surface area contributed by atoms with Gasteiger partial charge in [-0.3, -0.25) is 0 Å². The summed E-state index contributed by atoms with van der Waals surface area (Å²) in [5, 5.41) is 8.28. The normalized spacial score (nSPS) is 10.8. The van der Waals surface area contributed by atoms with E-state index in [1.165, 1.54) is 0 Å². The Morgan fingerprint density at radius 2 is 2.17 bits per heavy atom. The summed E-state index contributed by atoms with van der Waals surface area (Å²) in [7, 11) is 0. The molecule has 0 saturated heterocycles. The van der Waals surface area contributed by atoms with E-state index in [0.29, 0.717) is 18.4 Å². The van der Waals surface area contributed by atoms with Crippen LogP contribution >= 0.6 is 0 Å². The van der Waals surface area contributed by atoms with E-state index in [9.17, 15) is 0 Å². The molecule has 0 amide bonds. The van der Waals surface area contributed by atoms with Crippen LogP contribution in [-0.4, -0.2) is 31.3 Å². The number of rotatable bonds is 5. The van der Waals surface area contributed by atoms with Crippen molar-refractivity contribution in [3.8, 4) is 5.88 Å². The maximum atomic E-state index is 5.58. The van der Waals surface area contributed by atoms with Gasteiger partial charge in [-0.25, -0.2) is 6.04 Å². The van der Waals surface area contributed by atoms with Crippen molar-refractivity contribution in [1.29, 1.82) is 0 Å². The van der Waals surface area contributed by atoms with Gasteiger partial charge in [0.2, 0.25) is 11.8 Å². The van der Waals surface area contributed by atoms with E-state index < -0.39 is 0 Å². The van der Waals surface area contributed by atoms with Crippen molar-refractivity contribution in [2.45, 2.75) is 19.9 Å². The van der Waals surface area contributed by atoms with E-state index >= 15 is 0 Å². The fraction of sp³-hybridized carbons (Fsp3) is 0.267. The fourth-order valence-electron chi connectivity index (χ4n) is 2.25. The predicted molar refractivity (Wildman–Crippen MR) is 85.1 cm³/mol. The number of hydrogen-bond donors (Lipinski definition) is 2. The molecular weight excluding hydrogens is 518 g/mol. The van der Waals surface area contributed by atoms with Crippen molar-refractivity contribution in [3.63, 3.8) is 0 Å². The van der Waals surface area contributed by atoms with Gasteiger partial charge in [-0.15, -0.1) is 0 Å². The Kier molecular flexibility index (Phi) is 5.71. The first-order valence-corrected chi connectivity index (χ1v) is 7.05. The molecule has 8 heteroatoms. The van der Waals surface area contributed by atoms with Gasteiger partial charge < -0.3 is 33.6 Å². The maximum absolute atomic E-state index is 5.58. The Balaban J connectivity index is 0.00000192. The average molecular weight is 536 g/mol. The first-order valence-electron chi connectivity index (χ1n) is 7.05. The Bertz CT molecular complexity index is 794. The number of aromatic nitrogens is 5. The van der Waals surface area contributed by atoms with Crippen LogP contribution in [0.25, 0.3) is 11.0 Å². The molecule has 0 spiro atoms. The second-order valence-corrected chi connectivity index (χ2v) is 4.89. The number of fused-ring (bicyclic) bond motifs is 1. The Hall–Kier alpha value is -1.52. The van der Waals surface area contributed by atoms with E-state index in [1.807, 2.05) is 26.1 Å². The Morgan fingerprint density at radius 3 is 2.83 bits per heavy atom. The molecule has 3 heterocycles. The van der Waals surface area contributed by atoms with Crippen molar-refractivity contribution in [3.05, 3.63) is 38.0 Å². The first-order chi connectivity index (χ1) is 10.6. The summed E-state index contributed by atoms with van der Waals surface area (Å²) in [4.78, 5) is 11.9. The molecule has 0 atom stereocenters. The van der Waals surface area contributed by atoms with Gasteiger partial charge in [-0.05, 0) is 19.9 Å². The summed E-state index contributed by atoms with van der Waals surface area (Å²) < 4.78 is 7.31. The van der Waals surface area contributed by atoms with Crippen molar-refractivity contribution in [1.82, 2.24) is 24.7 Å². The monoisotopic (exact) mass is 536 g/mol. The molecule has 7 nitrogen and oxygen atoms in total. The van der Waals surface area contributed by atoms with Crippen LogP contribution in [-0.2, 0) is 0 Å². The molecule has 0 radical (unpaired) electrons. The van der Waals surface area contributed by atoms with Crippen molar-refractivity contribution in [2.24, 2.45) is 0 Å².